The highest BCUT2D eigenvalue weighted by atomic mass is 16.6. The predicted molar refractivity (Wildman–Crippen MR) is 76.5 cm³/mol. The quantitative estimate of drug-likeness (QED) is 0.661. The zero-order valence-electron chi connectivity index (χ0n) is 11.7. The van der Waals surface area contributed by atoms with Gasteiger partial charge in [-0.05, 0) is 24.3 Å². The van der Waals surface area contributed by atoms with Crippen molar-refractivity contribution in [1.29, 1.82) is 0 Å². The number of rotatable bonds is 5. The van der Waals surface area contributed by atoms with Gasteiger partial charge in [-0.3, -0.25) is 25.0 Å². The Labute approximate surface area is 125 Å². The van der Waals surface area contributed by atoms with Crippen LogP contribution in [0.5, 0.6) is 5.75 Å². The van der Waals surface area contributed by atoms with E-state index in [-0.39, 0.29) is 12.3 Å². The molecule has 0 aliphatic carbocycles. The maximum atomic E-state index is 11.8. The van der Waals surface area contributed by atoms with Gasteiger partial charge in [-0.25, -0.2) is 0 Å². The van der Waals surface area contributed by atoms with Gasteiger partial charge in [-0.2, -0.15) is 0 Å². The third-order valence-electron chi connectivity index (χ3n) is 2.85. The van der Waals surface area contributed by atoms with Crippen LogP contribution in [0.25, 0.3) is 0 Å². The Bertz CT molecular complexity index is 706. The molecule has 0 aliphatic heterocycles. The Hall–Kier alpha value is -3.16. The van der Waals surface area contributed by atoms with E-state index in [1.807, 2.05) is 0 Å². The Kier molecular flexibility index (Phi) is 4.52. The van der Waals surface area contributed by atoms with Gasteiger partial charge in [0.25, 0.3) is 17.5 Å². The van der Waals surface area contributed by atoms with Crippen molar-refractivity contribution in [2.45, 2.75) is 0 Å². The van der Waals surface area contributed by atoms with Crippen molar-refractivity contribution in [3.63, 3.8) is 0 Å². The number of carbonyl (C=O) groups is 2. The first kappa shape index (κ1) is 15.2. The van der Waals surface area contributed by atoms with Crippen LogP contribution in [0.4, 0.5) is 5.69 Å². The molecule has 1 N–H and O–H groups in total. The average molecular weight is 303 g/mol. The lowest BCUT2D eigenvalue weighted by Crippen LogP contribution is -2.35. The number of nitrogens with one attached hydrogen (secondary N) is 1. The van der Waals surface area contributed by atoms with E-state index in [1.54, 1.807) is 29.9 Å². The van der Waals surface area contributed by atoms with Crippen LogP contribution >= 0.6 is 0 Å². The summed E-state index contributed by atoms with van der Waals surface area (Å²) in [5.41, 5.74) is 0.277. The van der Waals surface area contributed by atoms with Crippen LogP contribution in [0.1, 0.15) is 10.5 Å². The first-order chi connectivity index (χ1) is 10.5. The molecule has 8 heteroatoms. The minimum absolute atomic E-state index is 0.0734. The van der Waals surface area contributed by atoms with Crippen molar-refractivity contribution < 1.29 is 19.2 Å². The summed E-state index contributed by atoms with van der Waals surface area (Å²) in [6.45, 7) is -0.367. The van der Waals surface area contributed by atoms with Gasteiger partial charge in [0, 0.05) is 25.4 Å². The number of nitro groups is 1. The summed E-state index contributed by atoms with van der Waals surface area (Å²) in [7, 11) is 1.69. The van der Waals surface area contributed by atoms with E-state index < -0.39 is 16.7 Å². The molecule has 0 fully saturated rings. The number of imide groups is 1. The van der Waals surface area contributed by atoms with Crippen LogP contribution in [-0.4, -0.2) is 27.9 Å². The van der Waals surface area contributed by atoms with Gasteiger partial charge in [0.05, 0.1) is 4.92 Å². The number of aryl methyl sites for hydroxylation is 1. The largest absolute Gasteiger partial charge is 0.484 e. The third-order valence-corrected chi connectivity index (χ3v) is 2.85. The van der Waals surface area contributed by atoms with Crippen LogP contribution in [0.3, 0.4) is 0 Å². The minimum atomic E-state index is -0.607. The van der Waals surface area contributed by atoms with Crippen LogP contribution in [0.15, 0.2) is 42.6 Å². The molecule has 0 saturated heterocycles. The Morgan fingerprint density at radius 2 is 1.95 bits per heavy atom. The number of benzene rings is 1. The fourth-order valence-electron chi connectivity index (χ4n) is 1.74. The zero-order valence-corrected chi connectivity index (χ0v) is 11.7. The zero-order chi connectivity index (χ0) is 16.1. The molecule has 8 nitrogen and oxygen atoms in total. The molecule has 0 atom stereocenters. The highest BCUT2D eigenvalue weighted by molar-refractivity contribution is 6.04. The minimum Gasteiger partial charge on any atom is -0.484 e. The number of nitro benzene ring substituents is 1. The van der Waals surface area contributed by atoms with Crippen molar-refractivity contribution >= 4 is 17.5 Å². The number of ether oxygens (including phenoxy) is 1. The highest BCUT2D eigenvalue weighted by Gasteiger charge is 2.13. The van der Waals surface area contributed by atoms with Gasteiger partial charge in [0.15, 0.2) is 6.61 Å². The maximum absolute atomic E-state index is 11.8. The van der Waals surface area contributed by atoms with Gasteiger partial charge in [0.1, 0.15) is 11.4 Å². The second-order valence-electron chi connectivity index (χ2n) is 4.42. The van der Waals surface area contributed by atoms with Crippen LogP contribution < -0.4 is 10.1 Å². The van der Waals surface area contributed by atoms with Crippen LogP contribution in [-0.2, 0) is 11.8 Å². The summed E-state index contributed by atoms with van der Waals surface area (Å²) in [6.07, 6.45) is 1.69. The third kappa shape index (κ3) is 3.69. The monoisotopic (exact) mass is 303 g/mol. The van der Waals surface area contributed by atoms with E-state index in [4.69, 9.17) is 4.74 Å². The summed E-state index contributed by atoms with van der Waals surface area (Å²) in [5.74, 6) is -0.832. The summed E-state index contributed by atoms with van der Waals surface area (Å²) >= 11 is 0. The normalized spacial score (nSPS) is 10.0. The summed E-state index contributed by atoms with van der Waals surface area (Å²) in [4.78, 5) is 33.4. The van der Waals surface area contributed by atoms with E-state index in [0.29, 0.717) is 11.4 Å². The maximum Gasteiger partial charge on any atom is 0.274 e. The first-order valence-electron chi connectivity index (χ1n) is 6.30. The van der Waals surface area contributed by atoms with Crippen molar-refractivity contribution in [3.05, 3.63) is 58.4 Å². The Balaban J connectivity index is 1.86. The fourth-order valence-corrected chi connectivity index (χ4v) is 1.74. The van der Waals surface area contributed by atoms with E-state index in [9.17, 15) is 19.7 Å². The van der Waals surface area contributed by atoms with Crippen molar-refractivity contribution in [1.82, 2.24) is 9.88 Å². The number of non-ortho nitro benzene ring substituents is 1. The topological polar surface area (TPSA) is 103 Å². The van der Waals surface area contributed by atoms with Gasteiger partial charge < -0.3 is 9.30 Å². The second-order valence-corrected chi connectivity index (χ2v) is 4.42. The number of hydrogen-bond acceptors (Lipinski definition) is 5. The second kappa shape index (κ2) is 6.53. The summed E-state index contributed by atoms with van der Waals surface area (Å²) in [6, 6.07) is 8.56. The van der Waals surface area contributed by atoms with Crippen LogP contribution in [0.2, 0.25) is 0 Å². The molecular formula is C14H13N3O5. The molecule has 0 aliphatic rings. The van der Waals surface area contributed by atoms with E-state index in [2.05, 4.69) is 5.32 Å². The summed E-state index contributed by atoms with van der Waals surface area (Å²) in [5, 5.41) is 12.7. The molecule has 114 valence electrons. The molecule has 22 heavy (non-hydrogen) atoms. The average Bonchev–Trinajstić information content (AvgIpc) is 2.91. The molecule has 0 unspecified atom stereocenters. The van der Waals surface area contributed by atoms with Crippen LogP contribution in [0, 0.1) is 10.1 Å². The van der Waals surface area contributed by atoms with E-state index in [1.165, 1.54) is 24.3 Å². The van der Waals surface area contributed by atoms with Gasteiger partial charge in [-0.1, -0.05) is 0 Å². The van der Waals surface area contributed by atoms with Gasteiger partial charge in [0.2, 0.25) is 0 Å². The summed E-state index contributed by atoms with van der Waals surface area (Å²) < 4.78 is 6.74. The Morgan fingerprint density at radius 3 is 2.50 bits per heavy atom. The molecule has 1 aromatic carbocycles. The standard InChI is InChI=1S/C14H13N3O5/c1-16-8-2-3-12(16)14(19)15-13(18)9-22-11-6-4-10(5-7-11)17(20)21/h2-8H,9H2,1H3,(H,15,18,19). The van der Waals surface area contributed by atoms with Gasteiger partial charge >= 0.3 is 0 Å². The lowest BCUT2D eigenvalue weighted by molar-refractivity contribution is -0.384. The van der Waals surface area contributed by atoms with E-state index >= 15 is 0 Å². The molecule has 2 aromatic rings. The van der Waals surface area contributed by atoms with Gasteiger partial charge in [-0.15, -0.1) is 0 Å². The molecule has 2 amide bonds. The lowest BCUT2D eigenvalue weighted by Gasteiger charge is -2.07. The predicted octanol–water partition coefficient (Wildman–Crippen LogP) is 1.27. The molecule has 1 aromatic heterocycles. The molecule has 1 heterocycles. The van der Waals surface area contributed by atoms with Crippen molar-refractivity contribution in [2.75, 3.05) is 6.61 Å². The molecule has 0 saturated carbocycles. The van der Waals surface area contributed by atoms with Crippen molar-refractivity contribution in [3.8, 4) is 5.75 Å². The highest BCUT2D eigenvalue weighted by Crippen LogP contribution is 2.17. The molecule has 0 radical (unpaired) electrons. The van der Waals surface area contributed by atoms with E-state index in [0.717, 1.165) is 0 Å². The number of hydrogen-bond donors (Lipinski definition) is 1. The molecular weight excluding hydrogens is 290 g/mol. The number of nitrogens with zero attached hydrogens (tertiary/aromatic N) is 2. The lowest BCUT2D eigenvalue weighted by atomic mass is 10.3. The SMILES string of the molecule is Cn1cccc1C(=O)NC(=O)COc1ccc([N+](=O)[O-])cc1. The first-order valence-corrected chi connectivity index (χ1v) is 6.30. The number of aromatic nitrogens is 1. The smallest absolute Gasteiger partial charge is 0.274 e. The number of amides is 2. The molecule has 2 rings (SSSR count). The fraction of sp³-hybridized carbons (Fsp3) is 0.143. The molecule has 0 bridgehead atoms. The van der Waals surface area contributed by atoms with Crippen molar-refractivity contribution in [2.24, 2.45) is 7.05 Å². The molecule has 0 spiro atoms. The number of carbonyl (C=O) groups excluding carboxylic acids is 2. The Morgan fingerprint density at radius 1 is 1.27 bits per heavy atom.